The van der Waals surface area contributed by atoms with Crippen LogP contribution in [0.3, 0.4) is 0 Å². The first-order valence-corrected chi connectivity index (χ1v) is 6.01. The van der Waals surface area contributed by atoms with E-state index in [2.05, 4.69) is 15.4 Å². The summed E-state index contributed by atoms with van der Waals surface area (Å²) < 4.78 is 11.0. The van der Waals surface area contributed by atoms with Crippen molar-refractivity contribution in [1.29, 1.82) is 0 Å². The minimum atomic E-state index is -0.281. The van der Waals surface area contributed by atoms with Gasteiger partial charge in [0.25, 0.3) is 0 Å². The Morgan fingerprint density at radius 1 is 1.11 bits per heavy atom. The Bertz CT molecular complexity index is 562. The predicted molar refractivity (Wildman–Crippen MR) is 68.6 cm³/mol. The molecule has 1 unspecified atom stereocenters. The van der Waals surface area contributed by atoms with E-state index in [1.165, 1.54) is 0 Å². The van der Waals surface area contributed by atoms with Crippen LogP contribution in [0.25, 0.3) is 0 Å². The van der Waals surface area contributed by atoms with Crippen molar-refractivity contribution in [2.75, 3.05) is 13.2 Å². The average Bonchev–Trinajstić information content (AvgIpc) is 2.49. The molecule has 6 heteroatoms. The quantitative estimate of drug-likeness (QED) is 0.626. The van der Waals surface area contributed by atoms with Gasteiger partial charge in [0.15, 0.2) is 17.3 Å². The number of nitrogens with zero attached hydrogens (tertiary/aromatic N) is 2. The molecule has 0 saturated heterocycles. The standard InChI is InChI=1S/C13H14N4O2/c14-17-12(13-15-4-1-5-16-13)9-2-3-10-11(8-9)19-7-6-18-10/h1-5,8,12,17H,6-7,14H2. The Balaban J connectivity index is 1.96. The van der Waals surface area contributed by atoms with Crippen molar-refractivity contribution < 1.29 is 9.47 Å². The van der Waals surface area contributed by atoms with E-state index in [9.17, 15) is 0 Å². The van der Waals surface area contributed by atoms with Gasteiger partial charge in [-0.1, -0.05) is 6.07 Å². The van der Waals surface area contributed by atoms with Crippen LogP contribution in [0.2, 0.25) is 0 Å². The topological polar surface area (TPSA) is 82.3 Å². The fourth-order valence-electron chi connectivity index (χ4n) is 2.02. The lowest BCUT2D eigenvalue weighted by Gasteiger charge is -2.21. The van der Waals surface area contributed by atoms with Crippen molar-refractivity contribution in [2.45, 2.75) is 6.04 Å². The Kier molecular flexibility index (Phi) is 3.26. The molecule has 0 bridgehead atoms. The highest BCUT2D eigenvalue weighted by Gasteiger charge is 2.19. The van der Waals surface area contributed by atoms with Crippen molar-refractivity contribution in [3.8, 4) is 11.5 Å². The van der Waals surface area contributed by atoms with E-state index in [1.54, 1.807) is 18.5 Å². The molecule has 98 valence electrons. The first kappa shape index (κ1) is 11.9. The summed E-state index contributed by atoms with van der Waals surface area (Å²) in [7, 11) is 0. The molecule has 1 aromatic heterocycles. The molecule has 2 aromatic rings. The first-order chi connectivity index (χ1) is 9.38. The van der Waals surface area contributed by atoms with Gasteiger partial charge in [0.1, 0.15) is 19.3 Å². The second-order valence-electron chi connectivity index (χ2n) is 4.11. The van der Waals surface area contributed by atoms with Gasteiger partial charge in [0.05, 0.1) is 0 Å². The molecule has 1 aliphatic heterocycles. The highest BCUT2D eigenvalue weighted by molar-refractivity contribution is 5.45. The van der Waals surface area contributed by atoms with Gasteiger partial charge < -0.3 is 9.47 Å². The molecule has 1 aliphatic rings. The molecule has 0 fully saturated rings. The molecule has 0 amide bonds. The van der Waals surface area contributed by atoms with Crippen molar-refractivity contribution >= 4 is 0 Å². The molecule has 3 rings (SSSR count). The summed E-state index contributed by atoms with van der Waals surface area (Å²) in [6.45, 7) is 1.13. The van der Waals surface area contributed by atoms with E-state index in [4.69, 9.17) is 15.3 Å². The second kappa shape index (κ2) is 5.21. The van der Waals surface area contributed by atoms with Crippen LogP contribution in [0, 0.1) is 0 Å². The lowest BCUT2D eigenvalue weighted by Crippen LogP contribution is -2.30. The number of hydrazine groups is 1. The van der Waals surface area contributed by atoms with E-state index in [0.29, 0.717) is 19.0 Å². The van der Waals surface area contributed by atoms with Gasteiger partial charge in [-0.2, -0.15) is 0 Å². The molecule has 0 saturated carbocycles. The molecule has 2 heterocycles. The van der Waals surface area contributed by atoms with Gasteiger partial charge in [-0.3, -0.25) is 5.84 Å². The number of hydrogen-bond donors (Lipinski definition) is 2. The molecule has 1 atom stereocenters. The van der Waals surface area contributed by atoms with Crippen LogP contribution < -0.4 is 20.7 Å². The van der Waals surface area contributed by atoms with Crippen LogP contribution in [-0.2, 0) is 0 Å². The highest BCUT2D eigenvalue weighted by atomic mass is 16.6. The summed E-state index contributed by atoms with van der Waals surface area (Å²) in [5.74, 6) is 7.70. The minimum Gasteiger partial charge on any atom is -0.486 e. The van der Waals surface area contributed by atoms with Crippen molar-refractivity contribution in [1.82, 2.24) is 15.4 Å². The normalized spacial score (nSPS) is 15.0. The molecule has 1 aromatic carbocycles. The lowest BCUT2D eigenvalue weighted by molar-refractivity contribution is 0.171. The van der Waals surface area contributed by atoms with E-state index < -0.39 is 0 Å². The molecule has 6 nitrogen and oxygen atoms in total. The Morgan fingerprint density at radius 3 is 2.58 bits per heavy atom. The Morgan fingerprint density at radius 2 is 1.84 bits per heavy atom. The van der Waals surface area contributed by atoms with Gasteiger partial charge in [0, 0.05) is 12.4 Å². The maximum atomic E-state index is 5.61. The first-order valence-electron chi connectivity index (χ1n) is 6.01. The number of aromatic nitrogens is 2. The zero-order valence-electron chi connectivity index (χ0n) is 10.2. The number of ether oxygens (including phenoxy) is 2. The van der Waals surface area contributed by atoms with Gasteiger partial charge in [-0.15, -0.1) is 0 Å². The molecule has 0 aliphatic carbocycles. The second-order valence-corrected chi connectivity index (χ2v) is 4.11. The number of hydrogen-bond acceptors (Lipinski definition) is 6. The maximum Gasteiger partial charge on any atom is 0.161 e. The fourth-order valence-corrected chi connectivity index (χ4v) is 2.02. The number of fused-ring (bicyclic) bond motifs is 1. The molecule has 19 heavy (non-hydrogen) atoms. The summed E-state index contributed by atoms with van der Waals surface area (Å²) in [4.78, 5) is 8.43. The lowest BCUT2D eigenvalue weighted by atomic mass is 10.1. The Hall–Kier alpha value is -2.18. The molecule has 0 spiro atoms. The molecular formula is C13H14N4O2. The summed E-state index contributed by atoms with van der Waals surface area (Å²) in [6.07, 6.45) is 3.37. The van der Waals surface area contributed by atoms with E-state index in [1.807, 2.05) is 18.2 Å². The summed E-state index contributed by atoms with van der Waals surface area (Å²) in [6, 6.07) is 7.18. The minimum absolute atomic E-state index is 0.281. The zero-order chi connectivity index (χ0) is 13.1. The van der Waals surface area contributed by atoms with Crippen molar-refractivity contribution in [2.24, 2.45) is 5.84 Å². The average molecular weight is 258 g/mol. The third-order valence-corrected chi connectivity index (χ3v) is 2.91. The van der Waals surface area contributed by atoms with Crippen molar-refractivity contribution in [3.05, 3.63) is 48.0 Å². The number of rotatable bonds is 3. The highest BCUT2D eigenvalue weighted by Crippen LogP contribution is 2.33. The Labute approximate surface area is 110 Å². The molecular weight excluding hydrogens is 244 g/mol. The zero-order valence-corrected chi connectivity index (χ0v) is 10.2. The van der Waals surface area contributed by atoms with E-state index in [-0.39, 0.29) is 6.04 Å². The van der Waals surface area contributed by atoms with Gasteiger partial charge in [0.2, 0.25) is 0 Å². The SMILES string of the molecule is NNC(c1ccc2c(c1)OCCO2)c1ncccn1. The van der Waals surface area contributed by atoms with Crippen LogP contribution >= 0.6 is 0 Å². The van der Waals surface area contributed by atoms with Crippen LogP contribution in [-0.4, -0.2) is 23.2 Å². The predicted octanol–water partition coefficient (Wildman–Crippen LogP) is 0.800. The third kappa shape index (κ3) is 2.35. The van der Waals surface area contributed by atoms with Crippen LogP contribution in [0.5, 0.6) is 11.5 Å². The number of nitrogens with two attached hydrogens (primary N) is 1. The number of benzene rings is 1. The smallest absolute Gasteiger partial charge is 0.161 e. The van der Waals surface area contributed by atoms with E-state index in [0.717, 1.165) is 17.1 Å². The van der Waals surface area contributed by atoms with Crippen molar-refractivity contribution in [3.63, 3.8) is 0 Å². The summed E-state index contributed by atoms with van der Waals surface area (Å²) in [5, 5.41) is 0. The van der Waals surface area contributed by atoms with Crippen LogP contribution in [0.15, 0.2) is 36.7 Å². The molecule has 3 N–H and O–H groups in total. The summed E-state index contributed by atoms with van der Waals surface area (Å²) >= 11 is 0. The monoisotopic (exact) mass is 258 g/mol. The maximum absolute atomic E-state index is 5.61. The number of nitrogens with one attached hydrogen (secondary N) is 1. The molecule has 0 radical (unpaired) electrons. The van der Waals surface area contributed by atoms with Gasteiger partial charge >= 0.3 is 0 Å². The third-order valence-electron chi connectivity index (χ3n) is 2.91. The van der Waals surface area contributed by atoms with Crippen LogP contribution in [0.1, 0.15) is 17.4 Å². The largest absolute Gasteiger partial charge is 0.486 e. The van der Waals surface area contributed by atoms with Crippen LogP contribution in [0.4, 0.5) is 0 Å². The van der Waals surface area contributed by atoms with Gasteiger partial charge in [-0.05, 0) is 23.8 Å². The van der Waals surface area contributed by atoms with Gasteiger partial charge in [-0.25, -0.2) is 15.4 Å². The van der Waals surface area contributed by atoms with E-state index >= 15 is 0 Å². The summed E-state index contributed by atoms with van der Waals surface area (Å²) in [5.41, 5.74) is 3.65. The fraction of sp³-hybridized carbons (Fsp3) is 0.231.